The summed E-state index contributed by atoms with van der Waals surface area (Å²) in [6.45, 7) is 8.97. The van der Waals surface area contributed by atoms with E-state index in [9.17, 15) is 9.59 Å². The van der Waals surface area contributed by atoms with Crippen LogP contribution in [0.3, 0.4) is 0 Å². The van der Waals surface area contributed by atoms with Gasteiger partial charge >= 0.3 is 5.97 Å². The van der Waals surface area contributed by atoms with Crippen molar-refractivity contribution in [1.29, 1.82) is 0 Å². The highest BCUT2D eigenvalue weighted by Crippen LogP contribution is 2.25. The van der Waals surface area contributed by atoms with E-state index in [-0.39, 0.29) is 11.3 Å². The molecule has 2 N–H and O–H groups in total. The van der Waals surface area contributed by atoms with Gasteiger partial charge in [0.2, 0.25) is 5.91 Å². The van der Waals surface area contributed by atoms with E-state index in [1.165, 1.54) is 0 Å². The van der Waals surface area contributed by atoms with Crippen LogP contribution in [0.4, 0.5) is 0 Å². The number of rotatable bonds is 5. The normalized spacial score (nSPS) is 24.3. The summed E-state index contributed by atoms with van der Waals surface area (Å²) >= 11 is 0. The summed E-state index contributed by atoms with van der Waals surface area (Å²) in [5, 5.41) is 11.6. The van der Waals surface area contributed by atoms with Crippen molar-refractivity contribution in [3.63, 3.8) is 0 Å². The third kappa shape index (κ3) is 3.70. The second-order valence-electron chi connectivity index (χ2n) is 5.89. The Morgan fingerprint density at radius 3 is 2.33 bits per heavy atom. The summed E-state index contributed by atoms with van der Waals surface area (Å²) in [6, 6.07) is 0. The molecule has 0 bridgehead atoms. The number of hydrogen-bond donors (Lipinski definition) is 2. The minimum absolute atomic E-state index is 0.0143. The van der Waals surface area contributed by atoms with Gasteiger partial charge in [-0.3, -0.25) is 4.79 Å². The van der Waals surface area contributed by atoms with Crippen molar-refractivity contribution in [3.05, 3.63) is 0 Å². The number of carbonyl (C=O) groups is 2. The Morgan fingerprint density at radius 2 is 1.89 bits per heavy atom. The summed E-state index contributed by atoms with van der Waals surface area (Å²) in [7, 11) is 0. The summed E-state index contributed by atoms with van der Waals surface area (Å²) in [5.41, 5.74) is 0.0143. The molecular weight excluding hydrogens is 234 g/mol. The highest BCUT2D eigenvalue weighted by atomic mass is 16.5. The Morgan fingerprint density at radius 1 is 1.33 bits per heavy atom. The number of carboxylic acid groups (broad SMARTS) is 1. The Hall–Kier alpha value is -1.10. The molecule has 1 aliphatic heterocycles. The van der Waals surface area contributed by atoms with Crippen LogP contribution in [0.1, 0.15) is 40.5 Å². The molecule has 0 aromatic heterocycles. The van der Waals surface area contributed by atoms with Gasteiger partial charge in [0.15, 0.2) is 6.10 Å². The fourth-order valence-corrected chi connectivity index (χ4v) is 1.64. The smallest absolute Gasteiger partial charge is 0.332 e. The average molecular weight is 257 g/mol. The Bertz CT molecular complexity index is 325. The number of hydrogen-bond acceptors (Lipinski definition) is 3. The summed E-state index contributed by atoms with van der Waals surface area (Å²) < 4.78 is 5.20. The van der Waals surface area contributed by atoms with Gasteiger partial charge < -0.3 is 15.2 Å². The van der Waals surface area contributed by atoms with Crippen LogP contribution >= 0.6 is 0 Å². The van der Waals surface area contributed by atoms with Crippen molar-refractivity contribution in [3.8, 4) is 0 Å². The summed E-state index contributed by atoms with van der Waals surface area (Å²) in [5.74, 6) is -0.741. The fourth-order valence-electron chi connectivity index (χ4n) is 1.64. The minimum Gasteiger partial charge on any atom is -0.479 e. The van der Waals surface area contributed by atoms with E-state index in [4.69, 9.17) is 9.84 Å². The van der Waals surface area contributed by atoms with E-state index in [1.54, 1.807) is 0 Å². The van der Waals surface area contributed by atoms with Crippen molar-refractivity contribution in [2.75, 3.05) is 6.54 Å². The third-order valence-corrected chi connectivity index (χ3v) is 3.87. The van der Waals surface area contributed by atoms with Gasteiger partial charge in [-0.25, -0.2) is 4.79 Å². The molecule has 1 rings (SSSR count). The molecule has 2 unspecified atom stereocenters. The summed E-state index contributed by atoms with van der Waals surface area (Å²) in [6.07, 6.45) is -0.570. The second kappa shape index (κ2) is 5.69. The van der Waals surface area contributed by atoms with E-state index in [0.717, 1.165) is 0 Å². The molecule has 104 valence electrons. The van der Waals surface area contributed by atoms with Crippen LogP contribution in [0.15, 0.2) is 0 Å². The number of nitrogens with one attached hydrogen (secondary N) is 1. The zero-order valence-corrected chi connectivity index (χ0v) is 11.5. The van der Waals surface area contributed by atoms with Crippen molar-refractivity contribution >= 4 is 11.9 Å². The van der Waals surface area contributed by atoms with Crippen LogP contribution in [0.5, 0.6) is 0 Å². The molecule has 5 heteroatoms. The highest BCUT2D eigenvalue weighted by Gasteiger charge is 2.35. The maximum atomic E-state index is 11.9. The molecule has 1 heterocycles. The molecule has 1 amide bonds. The lowest BCUT2D eigenvalue weighted by atomic mass is 9.81. The van der Waals surface area contributed by atoms with Crippen LogP contribution in [0, 0.1) is 11.3 Å². The molecule has 0 saturated carbocycles. The molecule has 0 aromatic carbocycles. The van der Waals surface area contributed by atoms with Crippen LogP contribution in [-0.2, 0) is 14.3 Å². The lowest BCUT2D eigenvalue weighted by molar-refractivity contribution is -0.151. The summed E-state index contributed by atoms with van der Waals surface area (Å²) in [4.78, 5) is 22.6. The van der Waals surface area contributed by atoms with Gasteiger partial charge in [0, 0.05) is 6.54 Å². The number of carboxylic acids is 1. The average Bonchev–Trinajstić information content (AvgIpc) is 2.75. The predicted molar refractivity (Wildman–Crippen MR) is 67.2 cm³/mol. The quantitative estimate of drug-likeness (QED) is 0.781. The Kier molecular flexibility index (Phi) is 4.73. The van der Waals surface area contributed by atoms with Crippen LogP contribution in [-0.4, -0.2) is 35.7 Å². The molecule has 0 spiro atoms. The monoisotopic (exact) mass is 257 g/mol. The first-order valence-corrected chi connectivity index (χ1v) is 6.40. The standard InChI is InChI=1S/C13H23NO4/c1-8(2)13(3,4)7-14-11(15)9-5-6-10(18-9)12(16)17/h8-10H,5-7H2,1-4H3,(H,14,15)(H,16,17). The van der Waals surface area contributed by atoms with Gasteiger partial charge in [-0.05, 0) is 24.2 Å². The lowest BCUT2D eigenvalue weighted by Crippen LogP contribution is -2.42. The van der Waals surface area contributed by atoms with Gasteiger partial charge in [0.25, 0.3) is 0 Å². The minimum atomic E-state index is -0.993. The maximum Gasteiger partial charge on any atom is 0.332 e. The van der Waals surface area contributed by atoms with Crippen molar-refractivity contribution in [2.24, 2.45) is 11.3 Å². The number of aliphatic carboxylic acids is 1. The third-order valence-electron chi connectivity index (χ3n) is 3.87. The van der Waals surface area contributed by atoms with Crippen LogP contribution < -0.4 is 5.32 Å². The van der Waals surface area contributed by atoms with Crippen molar-refractivity contribution in [1.82, 2.24) is 5.32 Å². The maximum absolute atomic E-state index is 11.9. The topological polar surface area (TPSA) is 75.6 Å². The number of amides is 1. The SMILES string of the molecule is CC(C)C(C)(C)CNC(=O)C1CCC(C(=O)O)O1. The van der Waals surface area contributed by atoms with Gasteiger partial charge in [-0.1, -0.05) is 27.7 Å². The lowest BCUT2D eigenvalue weighted by Gasteiger charge is -2.29. The first-order valence-electron chi connectivity index (χ1n) is 6.40. The molecule has 2 atom stereocenters. The first kappa shape index (κ1) is 15.0. The van der Waals surface area contributed by atoms with Crippen molar-refractivity contribution in [2.45, 2.75) is 52.7 Å². The zero-order valence-electron chi connectivity index (χ0n) is 11.5. The van der Waals surface area contributed by atoms with Crippen molar-refractivity contribution < 1.29 is 19.4 Å². The van der Waals surface area contributed by atoms with Gasteiger partial charge in [-0.2, -0.15) is 0 Å². The van der Waals surface area contributed by atoms with Gasteiger partial charge in [0.1, 0.15) is 6.10 Å². The van der Waals surface area contributed by atoms with Gasteiger partial charge in [-0.15, -0.1) is 0 Å². The molecule has 1 fully saturated rings. The van der Waals surface area contributed by atoms with E-state index in [0.29, 0.717) is 25.3 Å². The number of carbonyl (C=O) groups excluding carboxylic acids is 1. The highest BCUT2D eigenvalue weighted by molar-refractivity contribution is 5.82. The first-order chi connectivity index (χ1) is 8.24. The van der Waals surface area contributed by atoms with Gasteiger partial charge in [0.05, 0.1) is 0 Å². The molecule has 1 saturated heterocycles. The fraction of sp³-hybridized carbons (Fsp3) is 0.846. The number of ether oxygens (including phenoxy) is 1. The largest absolute Gasteiger partial charge is 0.479 e. The van der Waals surface area contributed by atoms with E-state index in [1.807, 2.05) is 0 Å². The van der Waals surface area contributed by atoms with Crippen LogP contribution in [0.2, 0.25) is 0 Å². The Labute approximate surface area is 108 Å². The van der Waals surface area contributed by atoms with E-state index in [2.05, 4.69) is 33.0 Å². The van der Waals surface area contributed by atoms with E-state index < -0.39 is 18.2 Å². The van der Waals surface area contributed by atoms with E-state index >= 15 is 0 Å². The second-order valence-corrected chi connectivity index (χ2v) is 5.89. The molecule has 1 aliphatic rings. The molecule has 5 nitrogen and oxygen atoms in total. The molecule has 0 aliphatic carbocycles. The zero-order chi connectivity index (χ0) is 13.9. The van der Waals surface area contributed by atoms with Crippen LogP contribution in [0.25, 0.3) is 0 Å². The Balaban J connectivity index is 2.41. The molecule has 0 radical (unpaired) electrons. The molecule has 18 heavy (non-hydrogen) atoms. The molecule has 0 aromatic rings. The molecular formula is C13H23NO4. The predicted octanol–water partition coefficient (Wildman–Crippen LogP) is 1.42.